The molecule has 0 saturated carbocycles. The maximum absolute atomic E-state index is 14.5. The predicted octanol–water partition coefficient (Wildman–Crippen LogP) is 4.20. The Bertz CT molecular complexity index is 459. The summed E-state index contributed by atoms with van der Waals surface area (Å²) in [5.41, 5.74) is 1.79. The molecule has 118 valence electrons. The first kappa shape index (κ1) is 16.3. The van der Waals surface area contributed by atoms with Crippen molar-refractivity contribution in [3.63, 3.8) is 0 Å². The lowest BCUT2D eigenvalue weighted by atomic mass is 9.94. The van der Waals surface area contributed by atoms with Gasteiger partial charge in [0.2, 0.25) is 0 Å². The number of halogens is 1. The SMILES string of the molecule is CC(C)CNCc1ccc(N2CC(C)CCC2C)c(F)c1. The molecule has 1 fully saturated rings. The van der Waals surface area contributed by atoms with E-state index in [1.807, 2.05) is 6.07 Å². The third-order valence-electron chi connectivity index (χ3n) is 4.32. The quantitative estimate of drug-likeness (QED) is 0.875. The lowest BCUT2D eigenvalue weighted by Gasteiger charge is -2.38. The van der Waals surface area contributed by atoms with Crippen molar-refractivity contribution in [3.05, 3.63) is 29.6 Å². The Morgan fingerprint density at radius 3 is 2.71 bits per heavy atom. The monoisotopic (exact) mass is 292 g/mol. The molecule has 1 aliphatic rings. The number of hydrogen-bond donors (Lipinski definition) is 1. The van der Waals surface area contributed by atoms with E-state index in [-0.39, 0.29) is 5.82 Å². The number of rotatable bonds is 5. The molecule has 0 amide bonds. The van der Waals surface area contributed by atoms with Gasteiger partial charge in [-0.25, -0.2) is 4.39 Å². The van der Waals surface area contributed by atoms with Gasteiger partial charge in [-0.05, 0) is 55.8 Å². The van der Waals surface area contributed by atoms with E-state index in [2.05, 4.69) is 44.0 Å². The fourth-order valence-electron chi connectivity index (χ4n) is 3.02. The van der Waals surface area contributed by atoms with Gasteiger partial charge in [-0.3, -0.25) is 0 Å². The molecular weight excluding hydrogens is 263 g/mol. The minimum absolute atomic E-state index is 0.0835. The van der Waals surface area contributed by atoms with Gasteiger partial charge in [0.1, 0.15) is 5.82 Å². The summed E-state index contributed by atoms with van der Waals surface area (Å²) in [5.74, 6) is 1.18. The highest BCUT2D eigenvalue weighted by molar-refractivity contribution is 5.50. The van der Waals surface area contributed by atoms with Crippen LogP contribution in [0, 0.1) is 17.7 Å². The topological polar surface area (TPSA) is 15.3 Å². The molecular formula is C18H29FN2. The van der Waals surface area contributed by atoms with Crippen molar-refractivity contribution in [1.29, 1.82) is 0 Å². The van der Waals surface area contributed by atoms with Crippen molar-refractivity contribution in [2.75, 3.05) is 18.0 Å². The van der Waals surface area contributed by atoms with Crippen LogP contribution in [0.1, 0.15) is 46.1 Å². The molecule has 1 aromatic carbocycles. The zero-order valence-electron chi connectivity index (χ0n) is 13.8. The summed E-state index contributed by atoms with van der Waals surface area (Å²) in [7, 11) is 0. The number of nitrogens with one attached hydrogen (secondary N) is 1. The van der Waals surface area contributed by atoms with Gasteiger partial charge in [0.25, 0.3) is 0 Å². The van der Waals surface area contributed by atoms with E-state index >= 15 is 0 Å². The van der Waals surface area contributed by atoms with E-state index in [1.54, 1.807) is 6.07 Å². The second-order valence-electron chi connectivity index (χ2n) is 6.99. The molecule has 0 aliphatic carbocycles. The second kappa shape index (κ2) is 7.26. The lowest BCUT2D eigenvalue weighted by molar-refractivity contribution is 0.386. The van der Waals surface area contributed by atoms with Gasteiger partial charge in [0.15, 0.2) is 0 Å². The molecule has 0 bridgehead atoms. The Kier molecular flexibility index (Phi) is 5.63. The van der Waals surface area contributed by atoms with Crippen molar-refractivity contribution in [3.8, 4) is 0 Å². The number of hydrogen-bond acceptors (Lipinski definition) is 2. The normalized spacial score (nSPS) is 22.9. The average molecular weight is 292 g/mol. The number of benzene rings is 1. The molecule has 0 radical (unpaired) electrons. The van der Waals surface area contributed by atoms with Crippen LogP contribution >= 0.6 is 0 Å². The van der Waals surface area contributed by atoms with Crippen molar-refractivity contribution in [2.45, 2.75) is 53.1 Å². The highest BCUT2D eigenvalue weighted by Gasteiger charge is 2.24. The molecule has 1 aliphatic heterocycles. The van der Waals surface area contributed by atoms with Crippen LogP contribution in [0.4, 0.5) is 10.1 Å². The van der Waals surface area contributed by atoms with Crippen molar-refractivity contribution >= 4 is 5.69 Å². The highest BCUT2D eigenvalue weighted by Crippen LogP contribution is 2.29. The van der Waals surface area contributed by atoms with Gasteiger partial charge >= 0.3 is 0 Å². The Balaban J connectivity index is 2.04. The molecule has 21 heavy (non-hydrogen) atoms. The first-order valence-corrected chi connectivity index (χ1v) is 8.23. The van der Waals surface area contributed by atoms with Crippen molar-refractivity contribution in [1.82, 2.24) is 5.32 Å². The minimum atomic E-state index is -0.0835. The minimum Gasteiger partial charge on any atom is -0.366 e. The Morgan fingerprint density at radius 2 is 2.05 bits per heavy atom. The van der Waals surface area contributed by atoms with E-state index < -0.39 is 0 Å². The number of anilines is 1. The molecule has 0 spiro atoms. The Hall–Kier alpha value is -1.09. The molecule has 2 nitrogen and oxygen atoms in total. The smallest absolute Gasteiger partial charge is 0.146 e. The van der Waals surface area contributed by atoms with Gasteiger partial charge in [0.05, 0.1) is 5.69 Å². The number of piperidine rings is 1. The van der Waals surface area contributed by atoms with Crippen LogP contribution in [0.25, 0.3) is 0 Å². The van der Waals surface area contributed by atoms with E-state index in [1.165, 1.54) is 6.42 Å². The fraction of sp³-hybridized carbons (Fsp3) is 0.667. The second-order valence-corrected chi connectivity index (χ2v) is 6.99. The zero-order valence-corrected chi connectivity index (χ0v) is 13.8. The van der Waals surface area contributed by atoms with Crippen LogP contribution in [0.3, 0.4) is 0 Å². The zero-order chi connectivity index (χ0) is 15.4. The van der Waals surface area contributed by atoms with E-state index in [9.17, 15) is 4.39 Å². The maximum atomic E-state index is 14.5. The van der Waals surface area contributed by atoms with E-state index in [4.69, 9.17) is 0 Å². The van der Waals surface area contributed by atoms with Gasteiger partial charge in [-0.2, -0.15) is 0 Å². The third kappa shape index (κ3) is 4.44. The van der Waals surface area contributed by atoms with Crippen molar-refractivity contribution < 1.29 is 4.39 Å². The maximum Gasteiger partial charge on any atom is 0.146 e. The molecule has 1 saturated heterocycles. The summed E-state index contributed by atoms with van der Waals surface area (Å²) < 4.78 is 14.5. The van der Waals surface area contributed by atoms with Gasteiger partial charge in [0, 0.05) is 19.1 Å². The lowest BCUT2D eigenvalue weighted by Crippen LogP contribution is -2.41. The third-order valence-corrected chi connectivity index (χ3v) is 4.32. The van der Waals surface area contributed by atoms with Crippen LogP contribution in [-0.2, 0) is 6.54 Å². The average Bonchev–Trinajstić information content (AvgIpc) is 2.42. The molecule has 1 N–H and O–H groups in total. The summed E-state index contributed by atoms with van der Waals surface area (Å²) in [6.07, 6.45) is 2.40. The molecule has 1 aromatic rings. The Morgan fingerprint density at radius 1 is 1.29 bits per heavy atom. The van der Waals surface area contributed by atoms with Crippen molar-refractivity contribution in [2.24, 2.45) is 11.8 Å². The summed E-state index contributed by atoms with van der Waals surface area (Å²) >= 11 is 0. The fourth-order valence-corrected chi connectivity index (χ4v) is 3.02. The van der Waals surface area contributed by atoms with Crippen LogP contribution in [0.15, 0.2) is 18.2 Å². The first-order chi connectivity index (χ1) is 9.97. The van der Waals surface area contributed by atoms with Gasteiger partial charge in [-0.1, -0.05) is 26.8 Å². The molecule has 3 heteroatoms. The largest absolute Gasteiger partial charge is 0.366 e. The first-order valence-electron chi connectivity index (χ1n) is 8.23. The molecule has 1 heterocycles. The number of nitrogens with zero attached hydrogens (tertiary/aromatic N) is 1. The molecule has 0 aromatic heterocycles. The van der Waals surface area contributed by atoms with Crippen LogP contribution in [-0.4, -0.2) is 19.1 Å². The standard InChI is InChI=1S/C18H29FN2/c1-13(2)10-20-11-16-7-8-18(17(19)9-16)21-12-14(3)5-6-15(21)4/h7-9,13-15,20H,5-6,10-12H2,1-4H3. The van der Waals surface area contributed by atoms with Crippen LogP contribution in [0.2, 0.25) is 0 Å². The molecule has 2 rings (SSSR count). The summed E-state index contributed by atoms with van der Waals surface area (Å²) in [6.45, 7) is 11.5. The van der Waals surface area contributed by atoms with Crippen LogP contribution < -0.4 is 10.2 Å². The highest BCUT2D eigenvalue weighted by atomic mass is 19.1. The predicted molar refractivity (Wildman–Crippen MR) is 88.2 cm³/mol. The Labute approximate surface area is 128 Å². The van der Waals surface area contributed by atoms with Crippen LogP contribution in [0.5, 0.6) is 0 Å². The molecule has 2 unspecified atom stereocenters. The van der Waals surface area contributed by atoms with E-state index in [0.717, 1.165) is 37.3 Å². The van der Waals surface area contributed by atoms with Gasteiger partial charge < -0.3 is 10.2 Å². The summed E-state index contributed by atoms with van der Waals surface area (Å²) in [5, 5.41) is 3.36. The summed E-state index contributed by atoms with van der Waals surface area (Å²) in [6, 6.07) is 6.13. The molecule has 2 atom stereocenters. The van der Waals surface area contributed by atoms with Gasteiger partial charge in [-0.15, -0.1) is 0 Å². The summed E-state index contributed by atoms with van der Waals surface area (Å²) in [4.78, 5) is 2.23. The van der Waals surface area contributed by atoms with E-state index in [0.29, 0.717) is 17.9 Å².